The molecule has 0 saturated heterocycles. The molecule has 3 nitrogen and oxygen atoms in total. The van der Waals surface area contributed by atoms with Gasteiger partial charge in [-0.25, -0.2) is 0 Å². The van der Waals surface area contributed by atoms with Gasteiger partial charge in [-0.1, -0.05) is 26.0 Å². The van der Waals surface area contributed by atoms with Crippen LogP contribution in [0.15, 0.2) is 24.3 Å². The van der Waals surface area contributed by atoms with E-state index in [4.69, 9.17) is 11.0 Å². The van der Waals surface area contributed by atoms with Crippen LogP contribution in [0.25, 0.3) is 0 Å². The van der Waals surface area contributed by atoms with Crippen molar-refractivity contribution in [2.45, 2.75) is 26.8 Å². The quantitative estimate of drug-likeness (QED) is 0.867. The summed E-state index contributed by atoms with van der Waals surface area (Å²) in [6, 6.07) is 10.2. The van der Waals surface area contributed by atoms with Crippen molar-refractivity contribution in [3.8, 4) is 6.07 Å². The average Bonchev–Trinajstić information content (AvgIpc) is 2.37. The SMILES string of the molecule is CC(c1ccc(C#N)cc1)N(C)CC(C)(C)CN. The molecule has 0 radical (unpaired) electrons. The van der Waals surface area contributed by atoms with E-state index < -0.39 is 0 Å². The van der Waals surface area contributed by atoms with E-state index in [1.807, 2.05) is 24.3 Å². The fourth-order valence-corrected chi connectivity index (χ4v) is 1.97. The highest BCUT2D eigenvalue weighted by atomic mass is 15.1. The predicted molar refractivity (Wildman–Crippen MR) is 75.0 cm³/mol. The first-order valence-corrected chi connectivity index (χ1v) is 6.30. The van der Waals surface area contributed by atoms with Gasteiger partial charge in [0.25, 0.3) is 0 Å². The highest BCUT2D eigenvalue weighted by Gasteiger charge is 2.21. The zero-order valence-electron chi connectivity index (χ0n) is 11.8. The third-order valence-corrected chi connectivity index (χ3v) is 3.41. The number of rotatable bonds is 5. The fraction of sp³-hybridized carbons (Fsp3) is 0.533. The van der Waals surface area contributed by atoms with E-state index in [1.165, 1.54) is 5.56 Å². The lowest BCUT2D eigenvalue weighted by molar-refractivity contribution is 0.174. The van der Waals surface area contributed by atoms with Crippen molar-refractivity contribution in [3.05, 3.63) is 35.4 Å². The Bertz CT molecular complexity index is 414. The molecule has 1 unspecified atom stereocenters. The second kappa shape index (κ2) is 5.99. The summed E-state index contributed by atoms with van der Waals surface area (Å²) in [7, 11) is 2.11. The molecule has 0 spiro atoms. The molecule has 98 valence electrons. The van der Waals surface area contributed by atoms with Crippen LogP contribution in [-0.4, -0.2) is 25.0 Å². The molecule has 0 aromatic heterocycles. The molecule has 1 aromatic rings. The monoisotopic (exact) mass is 245 g/mol. The van der Waals surface area contributed by atoms with Crippen molar-refractivity contribution in [3.63, 3.8) is 0 Å². The van der Waals surface area contributed by atoms with Crippen LogP contribution in [-0.2, 0) is 0 Å². The molecule has 2 N–H and O–H groups in total. The van der Waals surface area contributed by atoms with Crippen LogP contribution in [0.4, 0.5) is 0 Å². The molecule has 1 aromatic carbocycles. The largest absolute Gasteiger partial charge is 0.330 e. The summed E-state index contributed by atoms with van der Waals surface area (Å²) in [4.78, 5) is 2.30. The molecule has 0 aliphatic carbocycles. The lowest BCUT2D eigenvalue weighted by Gasteiger charge is -2.33. The highest BCUT2D eigenvalue weighted by Crippen LogP contribution is 2.23. The van der Waals surface area contributed by atoms with Crippen molar-refractivity contribution >= 4 is 0 Å². The Balaban J connectivity index is 2.74. The predicted octanol–water partition coefficient (Wildman–Crippen LogP) is 2.54. The lowest BCUT2D eigenvalue weighted by atomic mass is 9.92. The lowest BCUT2D eigenvalue weighted by Crippen LogP contribution is -2.37. The third-order valence-electron chi connectivity index (χ3n) is 3.41. The minimum absolute atomic E-state index is 0.121. The Morgan fingerprint density at radius 3 is 2.33 bits per heavy atom. The Morgan fingerprint density at radius 2 is 1.89 bits per heavy atom. The Hall–Kier alpha value is -1.37. The van der Waals surface area contributed by atoms with Gasteiger partial charge >= 0.3 is 0 Å². The molecule has 0 fully saturated rings. The molecular formula is C15H23N3. The summed E-state index contributed by atoms with van der Waals surface area (Å²) in [6.07, 6.45) is 0. The Labute approximate surface area is 110 Å². The van der Waals surface area contributed by atoms with E-state index in [2.05, 4.69) is 38.8 Å². The molecule has 0 bridgehead atoms. The number of nitrogens with zero attached hydrogens (tertiary/aromatic N) is 2. The van der Waals surface area contributed by atoms with Gasteiger partial charge in [0.15, 0.2) is 0 Å². The van der Waals surface area contributed by atoms with Gasteiger partial charge in [0, 0.05) is 12.6 Å². The van der Waals surface area contributed by atoms with Gasteiger partial charge in [-0.05, 0) is 43.6 Å². The van der Waals surface area contributed by atoms with Gasteiger partial charge < -0.3 is 5.73 Å². The maximum atomic E-state index is 8.79. The molecule has 0 saturated carbocycles. The number of nitriles is 1. The summed E-state index contributed by atoms with van der Waals surface area (Å²) in [5.41, 5.74) is 7.82. The smallest absolute Gasteiger partial charge is 0.0991 e. The van der Waals surface area contributed by atoms with Gasteiger partial charge in [0.1, 0.15) is 0 Å². The van der Waals surface area contributed by atoms with Crippen LogP contribution >= 0.6 is 0 Å². The number of benzene rings is 1. The number of hydrogen-bond acceptors (Lipinski definition) is 3. The van der Waals surface area contributed by atoms with E-state index in [-0.39, 0.29) is 5.41 Å². The summed E-state index contributed by atoms with van der Waals surface area (Å²) >= 11 is 0. The average molecular weight is 245 g/mol. The second-order valence-corrected chi connectivity index (χ2v) is 5.69. The summed E-state index contributed by atoms with van der Waals surface area (Å²) in [5.74, 6) is 0. The molecule has 0 aliphatic heterocycles. The first kappa shape index (κ1) is 14.7. The van der Waals surface area contributed by atoms with Crippen LogP contribution in [0.5, 0.6) is 0 Å². The Kier molecular flexibility index (Phi) is 4.89. The maximum Gasteiger partial charge on any atom is 0.0991 e. The second-order valence-electron chi connectivity index (χ2n) is 5.69. The summed E-state index contributed by atoms with van der Waals surface area (Å²) in [5, 5.41) is 8.79. The van der Waals surface area contributed by atoms with Gasteiger partial charge in [-0.3, -0.25) is 4.90 Å². The molecule has 18 heavy (non-hydrogen) atoms. The van der Waals surface area contributed by atoms with Crippen molar-refractivity contribution in [2.75, 3.05) is 20.1 Å². The molecule has 0 heterocycles. The number of nitrogens with two attached hydrogens (primary N) is 1. The molecule has 0 amide bonds. The maximum absolute atomic E-state index is 8.79. The Morgan fingerprint density at radius 1 is 1.33 bits per heavy atom. The first-order valence-electron chi connectivity index (χ1n) is 6.30. The fourth-order valence-electron chi connectivity index (χ4n) is 1.97. The molecule has 1 rings (SSSR count). The first-order chi connectivity index (χ1) is 8.39. The van der Waals surface area contributed by atoms with Crippen LogP contribution in [0.1, 0.15) is 37.9 Å². The van der Waals surface area contributed by atoms with Crippen molar-refractivity contribution in [1.29, 1.82) is 5.26 Å². The summed E-state index contributed by atoms with van der Waals surface area (Å²) < 4.78 is 0. The summed E-state index contributed by atoms with van der Waals surface area (Å²) in [6.45, 7) is 8.15. The van der Waals surface area contributed by atoms with Gasteiger partial charge in [0.05, 0.1) is 11.6 Å². The normalized spacial score (nSPS) is 13.4. The van der Waals surface area contributed by atoms with Crippen LogP contribution in [0.2, 0.25) is 0 Å². The van der Waals surface area contributed by atoms with E-state index >= 15 is 0 Å². The van der Waals surface area contributed by atoms with Crippen molar-refractivity contribution in [1.82, 2.24) is 4.90 Å². The van der Waals surface area contributed by atoms with E-state index in [0.29, 0.717) is 18.2 Å². The van der Waals surface area contributed by atoms with Crippen molar-refractivity contribution in [2.24, 2.45) is 11.1 Å². The van der Waals surface area contributed by atoms with Crippen LogP contribution in [0, 0.1) is 16.7 Å². The van der Waals surface area contributed by atoms with Crippen molar-refractivity contribution < 1.29 is 0 Å². The van der Waals surface area contributed by atoms with Crippen LogP contribution < -0.4 is 5.73 Å². The minimum atomic E-state index is 0.121. The topological polar surface area (TPSA) is 53.0 Å². The standard InChI is InChI=1S/C15H23N3/c1-12(18(4)11-15(2,3)10-17)14-7-5-13(9-16)6-8-14/h5-8,12H,10-11,17H2,1-4H3. The van der Waals surface area contributed by atoms with Gasteiger partial charge in [0.2, 0.25) is 0 Å². The van der Waals surface area contributed by atoms with Gasteiger partial charge in [-0.2, -0.15) is 5.26 Å². The molecular weight excluding hydrogens is 222 g/mol. The molecule has 1 atom stereocenters. The zero-order chi connectivity index (χ0) is 13.8. The molecule has 3 heteroatoms. The zero-order valence-corrected chi connectivity index (χ0v) is 11.8. The van der Waals surface area contributed by atoms with Gasteiger partial charge in [-0.15, -0.1) is 0 Å². The highest BCUT2D eigenvalue weighted by molar-refractivity contribution is 5.32. The minimum Gasteiger partial charge on any atom is -0.330 e. The van der Waals surface area contributed by atoms with E-state index in [0.717, 1.165) is 6.54 Å². The molecule has 0 aliphatic rings. The number of hydrogen-bond donors (Lipinski definition) is 1. The van der Waals surface area contributed by atoms with Crippen LogP contribution in [0.3, 0.4) is 0 Å². The van der Waals surface area contributed by atoms with E-state index in [9.17, 15) is 0 Å². The third kappa shape index (κ3) is 3.83. The van der Waals surface area contributed by atoms with E-state index in [1.54, 1.807) is 0 Å².